The molecular weight excluding hydrogens is 524 g/mol. The lowest BCUT2D eigenvalue weighted by atomic mass is 9.69. The number of benzene rings is 1. The number of piperazine rings is 1. The van der Waals surface area contributed by atoms with E-state index in [1.165, 1.54) is 5.56 Å². The van der Waals surface area contributed by atoms with Crippen LogP contribution in [0, 0.1) is 23.7 Å². The molecule has 3 unspecified atom stereocenters. The van der Waals surface area contributed by atoms with E-state index < -0.39 is 31.3 Å². The minimum Gasteiger partial charge on any atom is -0.369 e. The molecule has 9 nitrogen and oxygen atoms in total. The van der Waals surface area contributed by atoms with Gasteiger partial charge in [-0.25, -0.2) is 16.8 Å². The van der Waals surface area contributed by atoms with Crippen LogP contribution in [-0.2, 0) is 24.7 Å². The number of rotatable bonds is 10. The van der Waals surface area contributed by atoms with Gasteiger partial charge < -0.3 is 15.5 Å². The summed E-state index contributed by atoms with van der Waals surface area (Å²) >= 11 is 0. The molecule has 2 bridgehead atoms. The third-order valence-corrected chi connectivity index (χ3v) is 12.7. The molecular formula is C27H44N4O5S2. The van der Waals surface area contributed by atoms with Crippen molar-refractivity contribution in [1.82, 2.24) is 14.9 Å². The molecule has 2 saturated carbocycles. The van der Waals surface area contributed by atoms with Gasteiger partial charge in [0.05, 0.1) is 17.5 Å². The second-order valence-electron chi connectivity index (χ2n) is 12.1. The fraction of sp³-hybridized carbons (Fsp3) is 0.741. The molecule has 38 heavy (non-hydrogen) atoms. The van der Waals surface area contributed by atoms with Gasteiger partial charge in [-0.05, 0) is 62.6 Å². The Morgan fingerprint density at radius 2 is 1.76 bits per heavy atom. The Kier molecular flexibility index (Phi) is 8.25. The summed E-state index contributed by atoms with van der Waals surface area (Å²) in [7, 11) is -5.11. The quantitative estimate of drug-likeness (QED) is 0.442. The highest BCUT2D eigenvalue weighted by Gasteiger charge is 2.66. The zero-order valence-electron chi connectivity index (χ0n) is 23.4. The van der Waals surface area contributed by atoms with Gasteiger partial charge in [0.25, 0.3) is 0 Å². The maximum atomic E-state index is 13.9. The van der Waals surface area contributed by atoms with Gasteiger partial charge in [0.15, 0.2) is 0 Å². The van der Waals surface area contributed by atoms with Crippen molar-refractivity contribution in [3.8, 4) is 0 Å². The molecule has 0 spiro atoms. The summed E-state index contributed by atoms with van der Waals surface area (Å²) in [5.74, 6) is 0.0172. The molecule has 1 aromatic rings. The standard InChI is InChI=1S/C27H44N4O5S2/c1-20-8-6-7-9-23(20)30-13-15-31(16-14-30)38(35,36)19-27-12-10-21(26(27,2)3)18-24(27)29-25(32)22(28-4)11-17-37(5,33)34/h6-9,21-22,24,28H,10-19H2,1-5H3,(H,29,32)/t21?,22-,24?,27?/m0/s1. The number of amides is 1. The van der Waals surface area contributed by atoms with E-state index in [1.807, 2.05) is 12.1 Å². The van der Waals surface area contributed by atoms with Gasteiger partial charge in [-0.15, -0.1) is 0 Å². The number of carbonyl (C=O) groups is 1. The highest BCUT2D eigenvalue weighted by molar-refractivity contribution is 7.90. The van der Waals surface area contributed by atoms with Crippen LogP contribution in [-0.4, -0.2) is 90.1 Å². The van der Waals surface area contributed by atoms with E-state index in [2.05, 4.69) is 48.4 Å². The van der Waals surface area contributed by atoms with Crippen molar-refractivity contribution < 1.29 is 21.6 Å². The SMILES string of the molecule is CN[C@@H](CCS(C)(=O)=O)C(=O)NC1CC2CCC1(CS(=O)(=O)N1CCN(c3ccccc3C)CC1)C2(C)C. The van der Waals surface area contributed by atoms with E-state index >= 15 is 0 Å². The highest BCUT2D eigenvalue weighted by Crippen LogP contribution is 2.66. The van der Waals surface area contributed by atoms with Crippen molar-refractivity contribution in [2.45, 2.75) is 58.5 Å². The van der Waals surface area contributed by atoms with Crippen molar-refractivity contribution >= 4 is 31.5 Å². The molecule has 3 fully saturated rings. The van der Waals surface area contributed by atoms with Gasteiger partial charge in [-0.1, -0.05) is 32.0 Å². The minimum absolute atomic E-state index is 0.0202. The minimum atomic E-state index is -3.56. The molecule has 1 aliphatic heterocycles. The average Bonchev–Trinajstić information content (AvgIpc) is 3.19. The molecule has 2 aliphatic carbocycles. The van der Waals surface area contributed by atoms with Crippen molar-refractivity contribution in [3.63, 3.8) is 0 Å². The molecule has 1 heterocycles. The number of likely N-dealkylation sites (N-methyl/N-ethyl adjacent to an activating group) is 1. The summed E-state index contributed by atoms with van der Waals surface area (Å²) in [6, 6.07) is 7.27. The number of hydrogen-bond donors (Lipinski definition) is 2. The molecule has 1 aromatic carbocycles. The van der Waals surface area contributed by atoms with Gasteiger partial charge in [-0.2, -0.15) is 4.31 Å². The lowest BCUT2D eigenvalue weighted by Crippen LogP contribution is -2.58. The van der Waals surface area contributed by atoms with Crippen molar-refractivity contribution in [2.75, 3.05) is 55.9 Å². The number of aryl methyl sites for hydroxylation is 1. The van der Waals surface area contributed by atoms with Crippen molar-refractivity contribution in [3.05, 3.63) is 29.8 Å². The molecule has 0 aromatic heterocycles. The molecule has 0 radical (unpaired) electrons. The molecule has 3 aliphatic rings. The zero-order chi connectivity index (χ0) is 27.9. The summed E-state index contributed by atoms with van der Waals surface area (Å²) in [5.41, 5.74) is 1.54. The summed E-state index contributed by atoms with van der Waals surface area (Å²) in [6.45, 7) is 8.57. The first-order chi connectivity index (χ1) is 17.7. The average molecular weight is 569 g/mol. The molecule has 2 N–H and O–H groups in total. The van der Waals surface area contributed by atoms with E-state index in [9.17, 15) is 21.6 Å². The predicted octanol–water partition coefficient (Wildman–Crippen LogP) is 1.78. The maximum absolute atomic E-state index is 13.9. The number of fused-ring (bicyclic) bond motifs is 2. The lowest BCUT2D eigenvalue weighted by Gasteiger charge is -2.44. The smallest absolute Gasteiger partial charge is 0.237 e. The van der Waals surface area contributed by atoms with Gasteiger partial charge in [0.2, 0.25) is 15.9 Å². The summed E-state index contributed by atoms with van der Waals surface area (Å²) in [5, 5.41) is 6.11. The van der Waals surface area contributed by atoms with Gasteiger partial charge in [0.1, 0.15) is 9.84 Å². The Morgan fingerprint density at radius 1 is 1.11 bits per heavy atom. The predicted molar refractivity (Wildman–Crippen MR) is 151 cm³/mol. The van der Waals surface area contributed by atoms with Crippen LogP contribution in [0.15, 0.2) is 24.3 Å². The molecule has 4 atom stereocenters. The highest BCUT2D eigenvalue weighted by atomic mass is 32.2. The first-order valence-electron chi connectivity index (χ1n) is 13.6. The molecule has 1 saturated heterocycles. The van der Waals surface area contributed by atoms with E-state index in [0.29, 0.717) is 32.1 Å². The number of anilines is 1. The summed E-state index contributed by atoms with van der Waals surface area (Å²) in [4.78, 5) is 15.5. The number of para-hydroxylation sites is 1. The number of sulfone groups is 1. The van der Waals surface area contributed by atoms with Crippen LogP contribution in [0.1, 0.15) is 45.1 Å². The van der Waals surface area contributed by atoms with Crippen LogP contribution in [0.5, 0.6) is 0 Å². The zero-order valence-corrected chi connectivity index (χ0v) is 25.0. The van der Waals surface area contributed by atoms with Gasteiger partial charge in [-0.3, -0.25) is 4.79 Å². The van der Waals surface area contributed by atoms with Crippen LogP contribution in [0.3, 0.4) is 0 Å². The number of carbonyl (C=O) groups excluding carboxylic acids is 1. The largest absolute Gasteiger partial charge is 0.369 e. The molecule has 214 valence electrons. The normalized spacial score (nSPS) is 28.4. The number of nitrogens with one attached hydrogen (secondary N) is 2. The van der Waals surface area contributed by atoms with Crippen molar-refractivity contribution in [2.24, 2.45) is 16.7 Å². The number of hydrogen-bond acceptors (Lipinski definition) is 7. The Balaban J connectivity index is 1.48. The maximum Gasteiger partial charge on any atom is 0.237 e. The Labute approximate surface area is 228 Å². The van der Waals surface area contributed by atoms with E-state index in [0.717, 1.165) is 31.2 Å². The second-order valence-corrected chi connectivity index (χ2v) is 16.3. The van der Waals surface area contributed by atoms with Crippen LogP contribution >= 0.6 is 0 Å². The monoisotopic (exact) mass is 568 g/mol. The lowest BCUT2D eigenvalue weighted by molar-refractivity contribution is -0.124. The first-order valence-corrected chi connectivity index (χ1v) is 17.3. The second kappa shape index (κ2) is 10.7. The van der Waals surface area contributed by atoms with Gasteiger partial charge >= 0.3 is 0 Å². The van der Waals surface area contributed by atoms with Crippen molar-refractivity contribution in [1.29, 1.82) is 0 Å². The van der Waals surface area contributed by atoms with Gasteiger partial charge in [0, 0.05) is 49.6 Å². The van der Waals surface area contributed by atoms with Crippen LogP contribution in [0.25, 0.3) is 0 Å². The molecule has 4 rings (SSSR count). The van der Waals surface area contributed by atoms with Crippen LogP contribution < -0.4 is 15.5 Å². The summed E-state index contributed by atoms with van der Waals surface area (Å²) in [6.07, 6.45) is 3.80. The van der Waals surface area contributed by atoms with E-state index in [1.54, 1.807) is 11.4 Å². The fourth-order valence-electron chi connectivity index (χ4n) is 7.18. The number of nitrogens with zero attached hydrogens (tertiary/aromatic N) is 2. The third kappa shape index (κ3) is 5.62. The molecule has 11 heteroatoms. The topological polar surface area (TPSA) is 116 Å². The number of sulfonamides is 1. The third-order valence-electron chi connectivity index (χ3n) is 9.72. The van der Waals surface area contributed by atoms with E-state index in [4.69, 9.17) is 0 Å². The Morgan fingerprint density at radius 3 is 2.34 bits per heavy atom. The van der Waals surface area contributed by atoms with Crippen LogP contribution in [0.4, 0.5) is 5.69 Å². The van der Waals surface area contributed by atoms with Crippen LogP contribution in [0.2, 0.25) is 0 Å². The molecule has 1 amide bonds. The Bertz CT molecular complexity index is 1240. The Hall–Kier alpha value is -1.69. The summed E-state index contributed by atoms with van der Waals surface area (Å²) < 4.78 is 52.7. The first kappa shape index (κ1) is 29.3. The fourth-order valence-corrected chi connectivity index (χ4v) is 10.1. The van der Waals surface area contributed by atoms with E-state index in [-0.39, 0.29) is 35.3 Å².